The SMILES string of the molecule is Cc1cc(C(C)(C)C)ccc1CC(=O)N1CCCN(S(C)(=O)=O)CC1. The van der Waals surface area contributed by atoms with Crippen LogP contribution in [0.25, 0.3) is 0 Å². The molecule has 6 heteroatoms. The Morgan fingerprint density at radius 1 is 1.12 bits per heavy atom. The van der Waals surface area contributed by atoms with E-state index in [-0.39, 0.29) is 11.3 Å². The molecule has 0 saturated carbocycles. The van der Waals surface area contributed by atoms with E-state index in [1.807, 2.05) is 6.92 Å². The van der Waals surface area contributed by atoms with Crippen LogP contribution in [0.1, 0.15) is 43.9 Å². The molecule has 0 bridgehead atoms. The zero-order valence-corrected chi connectivity index (χ0v) is 16.8. The summed E-state index contributed by atoms with van der Waals surface area (Å²) in [5.74, 6) is 0.0713. The van der Waals surface area contributed by atoms with Gasteiger partial charge in [0, 0.05) is 26.2 Å². The average molecular weight is 367 g/mol. The Hall–Kier alpha value is -1.40. The molecule has 25 heavy (non-hydrogen) atoms. The van der Waals surface area contributed by atoms with Crippen LogP contribution >= 0.6 is 0 Å². The molecule has 0 aromatic heterocycles. The van der Waals surface area contributed by atoms with Gasteiger partial charge in [-0.25, -0.2) is 12.7 Å². The first kappa shape index (κ1) is 19.9. The second kappa shape index (κ2) is 7.46. The molecule has 0 atom stereocenters. The summed E-state index contributed by atoms with van der Waals surface area (Å²) >= 11 is 0. The van der Waals surface area contributed by atoms with Crippen LogP contribution in [0.2, 0.25) is 0 Å². The van der Waals surface area contributed by atoms with Crippen molar-refractivity contribution in [3.05, 3.63) is 34.9 Å². The van der Waals surface area contributed by atoms with Crippen LogP contribution in [-0.4, -0.2) is 56.0 Å². The molecule has 140 valence electrons. The molecule has 1 amide bonds. The number of aryl methyl sites for hydroxylation is 1. The van der Waals surface area contributed by atoms with E-state index in [4.69, 9.17) is 0 Å². The predicted molar refractivity (Wildman–Crippen MR) is 101 cm³/mol. The Balaban J connectivity index is 2.05. The highest BCUT2D eigenvalue weighted by Gasteiger charge is 2.24. The zero-order chi connectivity index (χ0) is 18.8. The van der Waals surface area contributed by atoms with Gasteiger partial charge in [-0.1, -0.05) is 39.0 Å². The Labute approximate surface area is 152 Å². The molecular formula is C19H30N2O3S. The Morgan fingerprint density at radius 2 is 1.80 bits per heavy atom. The summed E-state index contributed by atoms with van der Waals surface area (Å²) in [4.78, 5) is 14.5. The van der Waals surface area contributed by atoms with Crippen molar-refractivity contribution < 1.29 is 13.2 Å². The second-order valence-electron chi connectivity index (χ2n) is 7.96. The fourth-order valence-electron chi connectivity index (χ4n) is 3.11. The number of carbonyl (C=O) groups excluding carboxylic acids is 1. The van der Waals surface area contributed by atoms with Gasteiger partial charge in [0.15, 0.2) is 0 Å². The smallest absolute Gasteiger partial charge is 0.227 e. The molecule has 1 aliphatic heterocycles. The molecule has 0 spiro atoms. The lowest BCUT2D eigenvalue weighted by molar-refractivity contribution is -0.130. The maximum atomic E-state index is 12.7. The fourth-order valence-corrected chi connectivity index (χ4v) is 3.98. The van der Waals surface area contributed by atoms with E-state index >= 15 is 0 Å². The summed E-state index contributed by atoms with van der Waals surface area (Å²) in [5, 5.41) is 0. The molecule has 1 aromatic carbocycles. The van der Waals surface area contributed by atoms with Crippen LogP contribution in [0.3, 0.4) is 0 Å². The minimum atomic E-state index is -3.19. The highest BCUT2D eigenvalue weighted by atomic mass is 32.2. The molecule has 1 heterocycles. The molecule has 1 aliphatic rings. The Morgan fingerprint density at radius 3 is 2.36 bits per heavy atom. The van der Waals surface area contributed by atoms with Crippen LogP contribution in [-0.2, 0) is 26.7 Å². The summed E-state index contributed by atoms with van der Waals surface area (Å²) in [6, 6.07) is 6.31. The molecule has 5 nitrogen and oxygen atoms in total. The van der Waals surface area contributed by atoms with Gasteiger partial charge in [-0.15, -0.1) is 0 Å². The van der Waals surface area contributed by atoms with Crippen molar-refractivity contribution in [1.29, 1.82) is 0 Å². The van der Waals surface area contributed by atoms with Crippen LogP contribution in [0.5, 0.6) is 0 Å². The summed E-state index contributed by atoms with van der Waals surface area (Å²) in [5.41, 5.74) is 3.53. The summed E-state index contributed by atoms with van der Waals surface area (Å²) in [7, 11) is -3.19. The van der Waals surface area contributed by atoms with Gasteiger partial charge in [0.2, 0.25) is 15.9 Å². The van der Waals surface area contributed by atoms with Gasteiger partial charge in [-0.3, -0.25) is 4.79 Å². The first-order valence-corrected chi connectivity index (χ1v) is 10.7. The van der Waals surface area contributed by atoms with Gasteiger partial charge < -0.3 is 4.90 Å². The molecule has 0 aliphatic carbocycles. The Kier molecular flexibility index (Phi) is 5.94. The van der Waals surface area contributed by atoms with Crippen molar-refractivity contribution >= 4 is 15.9 Å². The van der Waals surface area contributed by atoms with E-state index in [1.54, 1.807) is 4.90 Å². The van der Waals surface area contributed by atoms with E-state index < -0.39 is 10.0 Å². The third-order valence-electron chi connectivity index (χ3n) is 4.83. The first-order valence-electron chi connectivity index (χ1n) is 8.81. The van der Waals surface area contributed by atoms with Crippen LogP contribution in [0.15, 0.2) is 18.2 Å². The lowest BCUT2D eigenvalue weighted by atomic mass is 9.85. The molecule has 2 rings (SSSR count). The van der Waals surface area contributed by atoms with E-state index in [2.05, 4.69) is 39.0 Å². The molecule has 1 saturated heterocycles. The Bertz CT molecular complexity index is 736. The maximum absolute atomic E-state index is 12.7. The molecule has 0 N–H and O–H groups in total. The third-order valence-corrected chi connectivity index (χ3v) is 6.13. The predicted octanol–water partition coefficient (Wildman–Crippen LogP) is 2.33. The fraction of sp³-hybridized carbons (Fsp3) is 0.632. The average Bonchev–Trinajstić information content (AvgIpc) is 2.74. The third kappa shape index (κ3) is 5.28. The van der Waals surface area contributed by atoms with Gasteiger partial charge >= 0.3 is 0 Å². The van der Waals surface area contributed by atoms with Crippen molar-refractivity contribution in [2.75, 3.05) is 32.4 Å². The summed E-state index contributed by atoms with van der Waals surface area (Å²) in [6.07, 6.45) is 2.28. The van der Waals surface area contributed by atoms with Crippen molar-refractivity contribution in [1.82, 2.24) is 9.21 Å². The van der Waals surface area contributed by atoms with Crippen molar-refractivity contribution in [2.45, 2.75) is 46.0 Å². The van der Waals surface area contributed by atoms with Crippen molar-refractivity contribution in [3.8, 4) is 0 Å². The van der Waals surface area contributed by atoms with E-state index in [0.29, 0.717) is 39.0 Å². The monoisotopic (exact) mass is 366 g/mol. The number of rotatable bonds is 3. The number of sulfonamides is 1. The topological polar surface area (TPSA) is 57.7 Å². The van der Waals surface area contributed by atoms with Gasteiger partial charge in [-0.2, -0.15) is 0 Å². The normalized spacial score (nSPS) is 17.4. The first-order chi connectivity index (χ1) is 11.5. The number of benzene rings is 1. The summed E-state index contributed by atoms with van der Waals surface area (Å²) in [6.45, 7) is 10.5. The maximum Gasteiger partial charge on any atom is 0.227 e. The molecule has 0 radical (unpaired) electrons. The van der Waals surface area contributed by atoms with E-state index in [9.17, 15) is 13.2 Å². The minimum absolute atomic E-state index is 0.0713. The molecule has 0 unspecified atom stereocenters. The second-order valence-corrected chi connectivity index (χ2v) is 9.95. The number of hydrogen-bond acceptors (Lipinski definition) is 3. The van der Waals surface area contributed by atoms with Crippen molar-refractivity contribution in [3.63, 3.8) is 0 Å². The van der Waals surface area contributed by atoms with Crippen LogP contribution in [0, 0.1) is 6.92 Å². The van der Waals surface area contributed by atoms with Crippen LogP contribution < -0.4 is 0 Å². The number of amides is 1. The molecule has 1 fully saturated rings. The highest BCUT2D eigenvalue weighted by Crippen LogP contribution is 2.24. The van der Waals surface area contributed by atoms with Crippen molar-refractivity contribution in [2.24, 2.45) is 0 Å². The van der Waals surface area contributed by atoms with E-state index in [0.717, 1.165) is 11.1 Å². The molecular weight excluding hydrogens is 336 g/mol. The van der Waals surface area contributed by atoms with Gasteiger partial charge in [-0.05, 0) is 35.4 Å². The minimum Gasteiger partial charge on any atom is -0.341 e. The van der Waals surface area contributed by atoms with Gasteiger partial charge in [0.05, 0.1) is 12.7 Å². The number of nitrogens with zero attached hydrogens (tertiary/aromatic N) is 2. The number of hydrogen-bond donors (Lipinski definition) is 0. The summed E-state index contributed by atoms with van der Waals surface area (Å²) < 4.78 is 24.8. The van der Waals surface area contributed by atoms with Gasteiger partial charge in [0.1, 0.15) is 0 Å². The van der Waals surface area contributed by atoms with Gasteiger partial charge in [0.25, 0.3) is 0 Å². The highest BCUT2D eigenvalue weighted by molar-refractivity contribution is 7.88. The quantitative estimate of drug-likeness (QED) is 0.825. The van der Waals surface area contributed by atoms with E-state index in [1.165, 1.54) is 16.1 Å². The lowest BCUT2D eigenvalue weighted by Crippen LogP contribution is -2.37. The largest absolute Gasteiger partial charge is 0.341 e. The number of carbonyl (C=O) groups is 1. The standard InChI is InChI=1S/C19H30N2O3S/c1-15-13-17(19(2,3)4)8-7-16(15)14-18(22)20-9-6-10-21(12-11-20)25(5,23)24/h7-8,13H,6,9-12,14H2,1-5H3. The zero-order valence-electron chi connectivity index (χ0n) is 16.0. The molecule has 1 aromatic rings. The van der Waals surface area contributed by atoms with Crippen LogP contribution in [0.4, 0.5) is 0 Å². The lowest BCUT2D eigenvalue weighted by Gasteiger charge is -2.23.